The summed E-state index contributed by atoms with van der Waals surface area (Å²) < 4.78 is 11.7. The summed E-state index contributed by atoms with van der Waals surface area (Å²) in [5.74, 6) is 0.805. The second kappa shape index (κ2) is 7.20. The molecule has 0 bridgehead atoms. The fourth-order valence-corrected chi connectivity index (χ4v) is 3.67. The molecule has 0 spiro atoms. The van der Waals surface area contributed by atoms with E-state index in [-0.39, 0.29) is 5.63 Å². The Morgan fingerprint density at radius 3 is 2.65 bits per heavy atom. The fourth-order valence-electron chi connectivity index (χ4n) is 3.67. The molecule has 0 saturated heterocycles. The third kappa shape index (κ3) is 3.30. The summed E-state index contributed by atoms with van der Waals surface area (Å²) in [7, 11) is 0. The van der Waals surface area contributed by atoms with Crippen molar-refractivity contribution in [1.82, 2.24) is 0 Å². The van der Waals surface area contributed by atoms with E-state index in [0.717, 1.165) is 59.1 Å². The van der Waals surface area contributed by atoms with Gasteiger partial charge in [-0.1, -0.05) is 36.4 Å². The van der Waals surface area contributed by atoms with Crippen LogP contribution in [-0.4, -0.2) is 6.61 Å². The first-order valence-corrected chi connectivity index (χ1v) is 9.16. The van der Waals surface area contributed by atoms with Crippen molar-refractivity contribution in [1.29, 1.82) is 0 Å². The van der Waals surface area contributed by atoms with Gasteiger partial charge in [-0.05, 0) is 67.5 Å². The third-order valence-corrected chi connectivity index (χ3v) is 4.87. The molecule has 0 unspecified atom stereocenters. The molecule has 0 fully saturated rings. The van der Waals surface area contributed by atoms with E-state index < -0.39 is 0 Å². The highest BCUT2D eigenvalue weighted by Crippen LogP contribution is 2.34. The van der Waals surface area contributed by atoms with Crippen molar-refractivity contribution >= 4 is 17.0 Å². The summed E-state index contributed by atoms with van der Waals surface area (Å²) in [4.78, 5) is 12.3. The van der Waals surface area contributed by atoms with Crippen LogP contribution in [-0.2, 0) is 12.8 Å². The molecule has 0 amide bonds. The van der Waals surface area contributed by atoms with Crippen molar-refractivity contribution in [3.05, 3.63) is 81.2 Å². The minimum atomic E-state index is -0.187. The number of fused-ring (bicyclic) bond motifs is 3. The monoisotopic (exact) mass is 346 g/mol. The standard InChI is InChI=1S/C23H22O3/c1-16-14-20(25-13-7-10-17-8-3-2-4-9-17)22-18-11-5-6-12-19(18)23(24)26-21(22)15-16/h2-4,7-10,14-15H,5-6,11-13H2,1H3/b10-7+. The van der Waals surface area contributed by atoms with Crippen LogP contribution in [0.5, 0.6) is 5.75 Å². The minimum Gasteiger partial charge on any atom is -0.489 e. The van der Waals surface area contributed by atoms with Crippen LogP contribution in [0.4, 0.5) is 0 Å². The second-order valence-electron chi connectivity index (χ2n) is 6.81. The lowest BCUT2D eigenvalue weighted by atomic mass is 9.90. The first-order valence-electron chi connectivity index (χ1n) is 9.16. The van der Waals surface area contributed by atoms with Crippen molar-refractivity contribution in [2.75, 3.05) is 6.61 Å². The van der Waals surface area contributed by atoms with Crippen LogP contribution in [0.2, 0.25) is 0 Å². The molecular weight excluding hydrogens is 324 g/mol. The highest BCUT2D eigenvalue weighted by atomic mass is 16.5. The molecule has 2 aromatic carbocycles. The Morgan fingerprint density at radius 1 is 1.08 bits per heavy atom. The summed E-state index contributed by atoms with van der Waals surface area (Å²) in [5.41, 5.74) is 4.57. The Hall–Kier alpha value is -2.81. The topological polar surface area (TPSA) is 39.4 Å². The van der Waals surface area contributed by atoms with Gasteiger partial charge in [0.15, 0.2) is 0 Å². The Labute approximate surface area is 152 Å². The van der Waals surface area contributed by atoms with Gasteiger partial charge in [0.1, 0.15) is 17.9 Å². The summed E-state index contributed by atoms with van der Waals surface area (Å²) in [6, 6.07) is 14.1. The number of ether oxygens (including phenoxy) is 1. The average molecular weight is 346 g/mol. The molecule has 26 heavy (non-hydrogen) atoms. The smallest absolute Gasteiger partial charge is 0.339 e. The molecular formula is C23H22O3. The first-order chi connectivity index (χ1) is 12.7. The van der Waals surface area contributed by atoms with E-state index in [1.165, 1.54) is 0 Å². The lowest BCUT2D eigenvalue weighted by Gasteiger charge is -2.18. The van der Waals surface area contributed by atoms with E-state index in [4.69, 9.17) is 9.15 Å². The van der Waals surface area contributed by atoms with Crippen molar-refractivity contribution in [2.24, 2.45) is 0 Å². The molecule has 4 rings (SSSR count). The van der Waals surface area contributed by atoms with Crippen LogP contribution in [0.1, 0.15) is 35.1 Å². The molecule has 0 radical (unpaired) electrons. The van der Waals surface area contributed by atoms with Crippen LogP contribution in [0.15, 0.2) is 57.8 Å². The summed E-state index contributed by atoms with van der Waals surface area (Å²) in [6.45, 7) is 2.47. The Morgan fingerprint density at radius 2 is 1.85 bits per heavy atom. The molecule has 132 valence electrons. The zero-order valence-electron chi connectivity index (χ0n) is 15.0. The van der Waals surface area contributed by atoms with Gasteiger partial charge in [0.05, 0.1) is 5.39 Å². The van der Waals surface area contributed by atoms with Gasteiger partial charge in [0, 0.05) is 5.56 Å². The Balaban J connectivity index is 1.68. The predicted molar refractivity (Wildman–Crippen MR) is 105 cm³/mol. The molecule has 1 aromatic heterocycles. The lowest BCUT2D eigenvalue weighted by molar-refractivity contribution is 0.366. The highest BCUT2D eigenvalue weighted by molar-refractivity contribution is 5.88. The molecule has 3 heteroatoms. The van der Waals surface area contributed by atoms with E-state index in [9.17, 15) is 4.79 Å². The van der Waals surface area contributed by atoms with Crippen molar-refractivity contribution in [3.8, 4) is 5.75 Å². The zero-order valence-corrected chi connectivity index (χ0v) is 15.0. The van der Waals surface area contributed by atoms with Crippen molar-refractivity contribution in [3.63, 3.8) is 0 Å². The summed E-state index contributed by atoms with van der Waals surface area (Å²) >= 11 is 0. The lowest BCUT2D eigenvalue weighted by Crippen LogP contribution is -2.16. The average Bonchev–Trinajstić information content (AvgIpc) is 2.66. The third-order valence-electron chi connectivity index (χ3n) is 4.87. The van der Waals surface area contributed by atoms with Gasteiger partial charge in [-0.3, -0.25) is 0 Å². The highest BCUT2D eigenvalue weighted by Gasteiger charge is 2.20. The predicted octanol–water partition coefficient (Wildman–Crippen LogP) is 5.07. The molecule has 0 N–H and O–H groups in total. The van der Waals surface area contributed by atoms with Crippen LogP contribution < -0.4 is 10.4 Å². The maximum atomic E-state index is 12.3. The number of benzene rings is 2. The molecule has 0 aliphatic heterocycles. The van der Waals surface area contributed by atoms with Gasteiger partial charge < -0.3 is 9.15 Å². The number of rotatable bonds is 4. The molecule has 3 aromatic rings. The van der Waals surface area contributed by atoms with E-state index >= 15 is 0 Å². The van der Waals surface area contributed by atoms with Crippen LogP contribution in [0, 0.1) is 6.92 Å². The number of aryl methyl sites for hydroxylation is 2. The SMILES string of the molecule is Cc1cc(OC/C=C/c2ccccc2)c2c3c(c(=O)oc2c1)CCCC3. The molecule has 3 nitrogen and oxygen atoms in total. The minimum absolute atomic E-state index is 0.187. The van der Waals surface area contributed by atoms with Gasteiger partial charge in [-0.2, -0.15) is 0 Å². The molecule has 1 aliphatic carbocycles. The number of hydrogen-bond acceptors (Lipinski definition) is 3. The van der Waals surface area contributed by atoms with Gasteiger partial charge >= 0.3 is 5.63 Å². The maximum Gasteiger partial charge on any atom is 0.339 e. The first kappa shape index (κ1) is 16.6. The van der Waals surface area contributed by atoms with E-state index in [2.05, 4.69) is 12.1 Å². The Kier molecular flexibility index (Phi) is 4.61. The van der Waals surface area contributed by atoms with Gasteiger partial charge in [-0.25, -0.2) is 4.79 Å². The maximum absolute atomic E-state index is 12.3. The summed E-state index contributed by atoms with van der Waals surface area (Å²) in [6.07, 6.45) is 7.92. The van der Waals surface area contributed by atoms with Gasteiger partial charge in [-0.15, -0.1) is 0 Å². The van der Waals surface area contributed by atoms with Crippen LogP contribution in [0.3, 0.4) is 0 Å². The number of hydrogen-bond donors (Lipinski definition) is 0. The van der Waals surface area contributed by atoms with Crippen molar-refractivity contribution < 1.29 is 9.15 Å². The molecule has 1 aliphatic rings. The van der Waals surface area contributed by atoms with Crippen LogP contribution in [0.25, 0.3) is 17.0 Å². The second-order valence-corrected chi connectivity index (χ2v) is 6.81. The summed E-state index contributed by atoms with van der Waals surface area (Å²) in [5, 5.41) is 0.970. The molecule has 1 heterocycles. The normalized spacial score (nSPS) is 13.9. The van der Waals surface area contributed by atoms with Crippen molar-refractivity contribution in [2.45, 2.75) is 32.6 Å². The zero-order chi connectivity index (χ0) is 17.9. The van der Waals surface area contributed by atoms with E-state index in [0.29, 0.717) is 12.2 Å². The Bertz CT molecular complexity index is 1010. The van der Waals surface area contributed by atoms with E-state index in [1.54, 1.807) is 0 Å². The fraction of sp³-hybridized carbons (Fsp3) is 0.261. The molecule has 0 saturated carbocycles. The van der Waals surface area contributed by atoms with Gasteiger partial charge in [0.2, 0.25) is 0 Å². The molecule has 0 atom stereocenters. The van der Waals surface area contributed by atoms with Gasteiger partial charge in [0.25, 0.3) is 0 Å². The van der Waals surface area contributed by atoms with Crippen LogP contribution >= 0.6 is 0 Å². The largest absolute Gasteiger partial charge is 0.489 e. The quantitative estimate of drug-likeness (QED) is 0.619. The van der Waals surface area contributed by atoms with E-state index in [1.807, 2.05) is 49.4 Å².